The van der Waals surface area contributed by atoms with Crippen LogP contribution >= 0.6 is 0 Å². The number of sulfonamides is 1. The molecule has 0 radical (unpaired) electrons. The van der Waals surface area contributed by atoms with Crippen LogP contribution in [0.4, 0.5) is 0 Å². The van der Waals surface area contributed by atoms with Crippen molar-refractivity contribution in [3.05, 3.63) is 47.7 Å². The van der Waals surface area contributed by atoms with Crippen molar-refractivity contribution < 1.29 is 13.2 Å². The summed E-state index contributed by atoms with van der Waals surface area (Å²) >= 11 is 0. The maximum absolute atomic E-state index is 12.8. The van der Waals surface area contributed by atoms with Gasteiger partial charge in [0.2, 0.25) is 15.9 Å². The van der Waals surface area contributed by atoms with Gasteiger partial charge in [0.05, 0.1) is 4.90 Å². The Hall–Kier alpha value is -1.99. The van der Waals surface area contributed by atoms with Crippen LogP contribution in [-0.4, -0.2) is 42.1 Å². The number of benzene rings is 1. The van der Waals surface area contributed by atoms with Crippen molar-refractivity contribution in [2.75, 3.05) is 13.1 Å². The van der Waals surface area contributed by atoms with Crippen molar-refractivity contribution in [2.24, 2.45) is 0 Å². The molecule has 7 heteroatoms. The molecule has 128 valence electrons. The van der Waals surface area contributed by atoms with Gasteiger partial charge in [0.25, 0.3) is 0 Å². The molecule has 1 fully saturated rings. The van der Waals surface area contributed by atoms with Gasteiger partial charge in [-0.1, -0.05) is 6.07 Å². The zero-order valence-electron chi connectivity index (χ0n) is 13.8. The van der Waals surface area contributed by atoms with E-state index in [1.54, 1.807) is 30.5 Å². The van der Waals surface area contributed by atoms with E-state index in [4.69, 9.17) is 4.74 Å². The number of ether oxygens (including phenoxy) is 1. The lowest BCUT2D eigenvalue weighted by atomic mass is 10.1. The third kappa shape index (κ3) is 3.57. The molecule has 1 aromatic heterocycles. The summed E-state index contributed by atoms with van der Waals surface area (Å²) in [5.41, 5.74) is 2.07. The fraction of sp³-hybridized carbons (Fsp3) is 0.412. The smallest absolute Gasteiger partial charge is 0.243 e. The molecule has 0 N–H and O–H groups in total. The van der Waals surface area contributed by atoms with Crippen LogP contribution in [0.2, 0.25) is 0 Å². The number of hydrogen-bond donors (Lipinski definition) is 0. The van der Waals surface area contributed by atoms with Gasteiger partial charge in [-0.3, -0.25) is 0 Å². The van der Waals surface area contributed by atoms with Gasteiger partial charge in [-0.15, -0.1) is 5.10 Å². The minimum absolute atomic E-state index is 0.0343. The second-order valence-corrected chi connectivity index (χ2v) is 7.97. The van der Waals surface area contributed by atoms with E-state index in [1.165, 1.54) is 4.31 Å². The van der Waals surface area contributed by atoms with E-state index < -0.39 is 10.0 Å². The lowest BCUT2D eigenvalue weighted by Crippen LogP contribution is -2.41. The zero-order valence-corrected chi connectivity index (χ0v) is 14.7. The van der Waals surface area contributed by atoms with E-state index in [9.17, 15) is 8.42 Å². The standard InChI is InChI=1S/C17H21N3O3S/c1-13-5-6-16(12-14(13)2)24(21,22)20-10-7-15(8-11-20)23-17-4-3-9-18-19-17/h3-6,9,12,15H,7-8,10-11H2,1-2H3. The van der Waals surface area contributed by atoms with E-state index in [2.05, 4.69) is 10.2 Å². The van der Waals surface area contributed by atoms with E-state index >= 15 is 0 Å². The van der Waals surface area contributed by atoms with Gasteiger partial charge in [0, 0.05) is 25.4 Å². The number of piperidine rings is 1. The van der Waals surface area contributed by atoms with Crippen molar-refractivity contribution in [2.45, 2.75) is 37.7 Å². The number of aryl methyl sites for hydroxylation is 2. The molecule has 2 aromatic rings. The third-order valence-electron chi connectivity index (χ3n) is 4.35. The molecular weight excluding hydrogens is 326 g/mol. The summed E-state index contributed by atoms with van der Waals surface area (Å²) in [5.74, 6) is 0.480. The Balaban J connectivity index is 1.66. The van der Waals surface area contributed by atoms with Crippen LogP contribution in [0.1, 0.15) is 24.0 Å². The number of nitrogens with zero attached hydrogens (tertiary/aromatic N) is 3. The number of hydrogen-bond acceptors (Lipinski definition) is 5. The van der Waals surface area contributed by atoms with Crippen LogP contribution in [0.15, 0.2) is 41.4 Å². The SMILES string of the molecule is Cc1ccc(S(=O)(=O)N2CCC(Oc3cccnn3)CC2)cc1C. The first kappa shape index (κ1) is 16.9. The van der Waals surface area contributed by atoms with E-state index in [0.717, 1.165) is 11.1 Å². The first-order chi connectivity index (χ1) is 11.5. The quantitative estimate of drug-likeness (QED) is 0.849. The van der Waals surface area contributed by atoms with Gasteiger partial charge in [-0.25, -0.2) is 8.42 Å². The minimum Gasteiger partial charge on any atom is -0.473 e. The molecule has 1 aliphatic heterocycles. The molecule has 1 aromatic carbocycles. The molecule has 0 amide bonds. The molecule has 1 saturated heterocycles. The predicted molar refractivity (Wildman–Crippen MR) is 90.4 cm³/mol. The van der Waals surface area contributed by atoms with E-state index in [0.29, 0.717) is 36.7 Å². The van der Waals surface area contributed by atoms with Crippen LogP contribution in [0.5, 0.6) is 5.88 Å². The molecule has 3 rings (SSSR count). The Morgan fingerprint density at radius 3 is 2.50 bits per heavy atom. The van der Waals surface area contributed by atoms with Gasteiger partial charge in [-0.05, 0) is 56.0 Å². The fourth-order valence-corrected chi connectivity index (χ4v) is 4.29. The highest BCUT2D eigenvalue weighted by molar-refractivity contribution is 7.89. The van der Waals surface area contributed by atoms with E-state index in [1.807, 2.05) is 19.9 Å². The highest BCUT2D eigenvalue weighted by Crippen LogP contribution is 2.24. The van der Waals surface area contributed by atoms with Crippen molar-refractivity contribution in [3.8, 4) is 5.88 Å². The molecule has 0 atom stereocenters. The first-order valence-corrected chi connectivity index (χ1v) is 9.42. The van der Waals surface area contributed by atoms with Crippen molar-refractivity contribution in [1.29, 1.82) is 0 Å². The maximum Gasteiger partial charge on any atom is 0.243 e. The molecule has 1 aliphatic rings. The molecule has 0 spiro atoms. The van der Waals surface area contributed by atoms with Crippen LogP contribution in [0, 0.1) is 13.8 Å². The van der Waals surface area contributed by atoms with Gasteiger partial charge in [0.15, 0.2) is 0 Å². The number of rotatable bonds is 4. The lowest BCUT2D eigenvalue weighted by molar-refractivity contribution is 0.128. The normalized spacial score (nSPS) is 16.9. The average Bonchev–Trinajstić information content (AvgIpc) is 2.58. The molecule has 2 heterocycles. The molecule has 0 unspecified atom stereocenters. The summed E-state index contributed by atoms with van der Waals surface area (Å²) in [7, 11) is -3.45. The highest BCUT2D eigenvalue weighted by Gasteiger charge is 2.30. The zero-order chi connectivity index (χ0) is 17.2. The summed E-state index contributed by atoms with van der Waals surface area (Å²) in [6.45, 7) is 4.79. The Bertz CT molecular complexity index is 801. The molecular formula is C17H21N3O3S. The van der Waals surface area contributed by atoms with Crippen LogP contribution < -0.4 is 4.74 Å². The van der Waals surface area contributed by atoms with Crippen molar-refractivity contribution >= 4 is 10.0 Å². The predicted octanol–water partition coefficient (Wildman–Crippen LogP) is 2.33. The van der Waals surface area contributed by atoms with Crippen LogP contribution in [0.3, 0.4) is 0 Å². The summed E-state index contributed by atoms with van der Waals surface area (Å²) in [6.07, 6.45) is 2.83. The van der Waals surface area contributed by atoms with Gasteiger partial charge >= 0.3 is 0 Å². The minimum atomic E-state index is -3.45. The Morgan fingerprint density at radius 2 is 1.88 bits per heavy atom. The highest BCUT2D eigenvalue weighted by atomic mass is 32.2. The summed E-state index contributed by atoms with van der Waals surface area (Å²) in [5, 5.41) is 7.68. The second kappa shape index (κ2) is 6.86. The largest absolute Gasteiger partial charge is 0.473 e. The topological polar surface area (TPSA) is 72.4 Å². The Morgan fingerprint density at radius 1 is 1.12 bits per heavy atom. The van der Waals surface area contributed by atoms with E-state index in [-0.39, 0.29) is 6.10 Å². The van der Waals surface area contributed by atoms with Crippen molar-refractivity contribution in [1.82, 2.24) is 14.5 Å². The first-order valence-electron chi connectivity index (χ1n) is 7.98. The Kier molecular flexibility index (Phi) is 4.82. The summed E-state index contributed by atoms with van der Waals surface area (Å²) in [6, 6.07) is 8.80. The van der Waals surface area contributed by atoms with Crippen LogP contribution in [0.25, 0.3) is 0 Å². The summed E-state index contributed by atoms with van der Waals surface area (Å²) < 4.78 is 32.9. The van der Waals surface area contributed by atoms with Crippen LogP contribution in [-0.2, 0) is 10.0 Å². The average molecular weight is 347 g/mol. The molecule has 6 nitrogen and oxygen atoms in total. The van der Waals surface area contributed by atoms with Gasteiger partial charge in [-0.2, -0.15) is 9.40 Å². The monoisotopic (exact) mass is 347 g/mol. The maximum atomic E-state index is 12.8. The molecule has 0 bridgehead atoms. The number of aromatic nitrogens is 2. The molecule has 24 heavy (non-hydrogen) atoms. The second-order valence-electron chi connectivity index (χ2n) is 6.03. The summed E-state index contributed by atoms with van der Waals surface area (Å²) in [4.78, 5) is 0.360. The molecule has 0 aliphatic carbocycles. The Labute approximate surface area is 142 Å². The van der Waals surface area contributed by atoms with Gasteiger partial charge in [0.1, 0.15) is 6.10 Å². The van der Waals surface area contributed by atoms with Crippen molar-refractivity contribution in [3.63, 3.8) is 0 Å². The van der Waals surface area contributed by atoms with Gasteiger partial charge < -0.3 is 4.74 Å². The lowest BCUT2D eigenvalue weighted by Gasteiger charge is -2.31. The third-order valence-corrected chi connectivity index (χ3v) is 6.25. The fourth-order valence-electron chi connectivity index (χ4n) is 2.73. The molecule has 0 saturated carbocycles.